The van der Waals surface area contributed by atoms with E-state index in [4.69, 9.17) is 32.7 Å². The molecule has 0 saturated carbocycles. The highest BCUT2D eigenvalue weighted by Crippen LogP contribution is 2.39. The van der Waals surface area contributed by atoms with E-state index < -0.39 is 6.04 Å². The standard InChI is InChI=1S/C27H23Cl2N5O3/c1-16-24(26(35)33-21-10-8-20(29)9-11-21)25(34-27(32-16)30-15-31-34)18-5-12-22(23(13-18)36-2)37-14-17-3-6-19(28)7-4-17/h3-13,15,25H,14H2,1-2H3,(H,33,35)(H,30,31,32)/t25-/m1/s1. The van der Waals surface area contributed by atoms with Gasteiger partial charge in [0.1, 0.15) is 19.0 Å². The number of ether oxygens (including phenoxy) is 2. The van der Waals surface area contributed by atoms with Crippen LogP contribution in [0.15, 0.2) is 84.3 Å². The van der Waals surface area contributed by atoms with Gasteiger partial charge in [-0.1, -0.05) is 41.4 Å². The number of benzene rings is 3. The minimum atomic E-state index is -0.551. The van der Waals surface area contributed by atoms with Crippen LogP contribution < -0.4 is 20.1 Å². The number of carbonyl (C=O) groups is 1. The van der Waals surface area contributed by atoms with Gasteiger partial charge in [0.05, 0.1) is 12.7 Å². The predicted octanol–water partition coefficient (Wildman–Crippen LogP) is 6.10. The van der Waals surface area contributed by atoms with Crippen molar-refractivity contribution in [3.8, 4) is 11.5 Å². The molecule has 5 rings (SSSR count). The molecule has 0 aliphatic carbocycles. The highest BCUT2D eigenvalue weighted by atomic mass is 35.5. The number of carbonyl (C=O) groups excluding carboxylic acids is 1. The van der Waals surface area contributed by atoms with Crippen molar-refractivity contribution in [1.29, 1.82) is 0 Å². The molecule has 1 aromatic heterocycles. The highest BCUT2D eigenvalue weighted by molar-refractivity contribution is 6.30. The van der Waals surface area contributed by atoms with Crippen LogP contribution in [-0.2, 0) is 11.4 Å². The summed E-state index contributed by atoms with van der Waals surface area (Å²) in [4.78, 5) is 17.8. The SMILES string of the molecule is COc1cc([C@@H]2C(C(=O)Nc3ccc(Cl)cc3)=C(C)Nc3ncnn32)ccc1OCc1ccc(Cl)cc1. The minimum Gasteiger partial charge on any atom is -0.493 e. The molecule has 0 radical (unpaired) electrons. The molecule has 188 valence electrons. The average molecular weight is 536 g/mol. The maximum Gasteiger partial charge on any atom is 0.255 e. The van der Waals surface area contributed by atoms with E-state index in [1.54, 1.807) is 36.1 Å². The molecule has 0 unspecified atom stereocenters. The maximum atomic E-state index is 13.5. The Hall–Kier alpha value is -4.01. The number of rotatable bonds is 7. The summed E-state index contributed by atoms with van der Waals surface area (Å²) in [5.74, 6) is 1.36. The Labute approximate surface area is 223 Å². The van der Waals surface area contributed by atoms with E-state index in [0.717, 1.165) is 11.1 Å². The second kappa shape index (κ2) is 10.5. The van der Waals surface area contributed by atoms with E-state index in [1.165, 1.54) is 6.33 Å². The number of methoxy groups -OCH3 is 1. The van der Waals surface area contributed by atoms with Crippen LogP contribution in [0.1, 0.15) is 24.1 Å². The summed E-state index contributed by atoms with van der Waals surface area (Å²) in [5.41, 5.74) is 3.54. The molecule has 0 spiro atoms. The summed E-state index contributed by atoms with van der Waals surface area (Å²) >= 11 is 12.0. The Kier molecular flexibility index (Phi) is 7.03. The molecule has 2 heterocycles. The quantitative estimate of drug-likeness (QED) is 0.297. The van der Waals surface area contributed by atoms with E-state index in [1.807, 2.05) is 49.4 Å². The Morgan fingerprint density at radius 3 is 2.43 bits per heavy atom. The van der Waals surface area contributed by atoms with Crippen molar-refractivity contribution in [3.05, 3.63) is 105 Å². The molecular weight excluding hydrogens is 513 g/mol. The van der Waals surface area contributed by atoms with Crippen molar-refractivity contribution in [3.63, 3.8) is 0 Å². The maximum absolute atomic E-state index is 13.5. The van der Waals surface area contributed by atoms with Crippen molar-refractivity contribution in [1.82, 2.24) is 14.8 Å². The molecule has 0 bridgehead atoms. The van der Waals surface area contributed by atoms with Gasteiger partial charge in [0.25, 0.3) is 5.91 Å². The molecule has 37 heavy (non-hydrogen) atoms. The van der Waals surface area contributed by atoms with Gasteiger partial charge in [-0.05, 0) is 66.6 Å². The Balaban J connectivity index is 1.46. The number of nitrogens with one attached hydrogen (secondary N) is 2. The van der Waals surface area contributed by atoms with E-state index >= 15 is 0 Å². The molecule has 0 fully saturated rings. The van der Waals surface area contributed by atoms with Gasteiger partial charge in [-0.3, -0.25) is 4.79 Å². The molecular formula is C27H23Cl2N5O3. The number of halogens is 2. The van der Waals surface area contributed by atoms with Gasteiger partial charge < -0.3 is 20.1 Å². The second-order valence-corrected chi connectivity index (χ2v) is 9.25. The number of amides is 1. The summed E-state index contributed by atoms with van der Waals surface area (Å²) in [5, 5.41) is 11.8. The number of fused-ring (bicyclic) bond motifs is 1. The fraction of sp³-hybridized carbons (Fsp3) is 0.148. The van der Waals surface area contributed by atoms with Crippen molar-refractivity contribution in [2.45, 2.75) is 19.6 Å². The lowest BCUT2D eigenvalue weighted by Gasteiger charge is -2.29. The lowest BCUT2D eigenvalue weighted by Crippen LogP contribution is -2.31. The first-order valence-electron chi connectivity index (χ1n) is 11.4. The van der Waals surface area contributed by atoms with Crippen molar-refractivity contribution >= 4 is 40.7 Å². The third kappa shape index (κ3) is 5.26. The number of allylic oxidation sites excluding steroid dienone is 1. The zero-order valence-corrected chi connectivity index (χ0v) is 21.5. The summed E-state index contributed by atoms with van der Waals surface area (Å²) in [6.45, 7) is 2.18. The lowest BCUT2D eigenvalue weighted by molar-refractivity contribution is -0.113. The first-order chi connectivity index (χ1) is 17.9. The topological polar surface area (TPSA) is 90.3 Å². The molecule has 0 saturated heterocycles. The third-order valence-electron chi connectivity index (χ3n) is 5.95. The van der Waals surface area contributed by atoms with Gasteiger partial charge in [0.2, 0.25) is 5.95 Å². The number of aromatic nitrogens is 3. The normalized spacial score (nSPS) is 14.5. The highest BCUT2D eigenvalue weighted by Gasteiger charge is 2.34. The van der Waals surface area contributed by atoms with E-state index in [0.29, 0.717) is 51.1 Å². The first kappa shape index (κ1) is 24.7. The number of nitrogens with zero attached hydrogens (tertiary/aromatic N) is 3. The average Bonchev–Trinajstić information content (AvgIpc) is 3.37. The van der Waals surface area contributed by atoms with Crippen LogP contribution in [0.3, 0.4) is 0 Å². The fourth-order valence-electron chi connectivity index (χ4n) is 4.14. The molecule has 8 nitrogen and oxygen atoms in total. The Bertz CT molecular complexity index is 1470. The monoisotopic (exact) mass is 535 g/mol. The van der Waals surface area contributed by atoms with Crippen LogP contribution in [0, 0.1) is 0 Å². The van der Waals surface area contributed by atoms with E-state index in [-0.39, 0.29) is 5.91 Å². The van der Waals surface area contributed by atoms with E-state index in [9.17, 15) is 4.79 Å². The van der Waals surface area contributed by atoms with Crippen molar-refractivity contribution in [2.24, 2.45) is 0 Å². The number of hydrogen-bond acceptors (Lipinski definition) is 6. The van der Waals surface area contributed by atoms with Crippen molar-refractivity contribution in [2.75, 3.05) is 17.7 Å². The van der Waals surface area contributed by atoms with Crippen LogP contribution in [0.2, 0.25) is 10.0 Å². The van der Waals surface area contributed by atoms with Gasteiger partial charge >= 0.3 is 0 Å². The second-order valence-electron chi connectivity index (χ2n) is 8.38. The largest absolute Gasteiger partial charge is 0.493 e. The van der Waals surface area contributed by atoms with Crippen LogP contribution in [0.5, 0.6) is 11.5 Å². The van der Waals surface area contributed by atoms with Gasteiger partial charge in [0, 0.05) is 21.4 Å². The smallest absolute Gasteiger partial charge is 0.255 e. The predicted molar refractivity (Wildman–Crippen MR) is 143 cm³/mol. The van der Waals surface area contributed by atoms with Crippen LogP contribution in [0.4, 0.5) is 11.6 Å². The molecule has 1 amide bonds. The Morgan fingerprint density at radius 2 is 1.73 bits per heavy atom. The van der Waals surface area contributed by atoms with Gasteiger partial charge in [-0.15, -0.1) is 0 Å². The minimum absolute atomic E-state index is 0.277. The van der Waals surface area contributed by atoms with Crippen molar-refractivity contribution < 1.29 is 14.3 Å². The zero-order valence-electron chi connectivity index (χ0n) is 20.0. The van der Waals surface area contributed by atoms with Gasteiger partial charge in [0.15, 0.2) is 11.5 Å². The van der Waals surface area contributed by atoms with E-state index in [2.05, 4.69) is 20.7 Å². The number of anilines is 2. The Morgan fingerprint density at radius 1 is 1.03 bits per heavy atom. The molecule has 10 heteroatoms. The van der Waals surface area contributed by atoms with Gasteiger partial charge in [-0.25, -0.2) is 4.68 Å². The van der Waals surface area contributed by atoms with Crippen LogP contribution in [-0.4, -0.2) is 27.8 Å². The van der Waals surface area contributed by atoms with Crippen LogP contribution in [0.25, 0.3) is 0 Å². The fourth-order valence-corrected chi connectivity index (χ4v) is 4.39. The molecule has 1 aliphatic rings. The summed E-state index contributed by atoms with van der Waals surface area (Å²) < 4.78 is 13.3. The summed E-state index contributed by atoms with van der Waals surface area (Å²) in [6.07, 6.45) is 1.45. The zero-order chi connectivity index (χ0) is 25.9. The molecule has 1 atom stereocenters. The molecule has 1 aliphatic heterocycles. The molecule has 4 aromatic rings. The summed E-state index contributed by atoms with van der Waals surface area (Å²) in [7, 11) is 1.58. The van der Waals surface area contributed by atoms with Gasteiger partial charge in [-0.2, -0.15) is 10.1 Å². The third-order valence-corrected chi connectivity index (χ3v) is 6.46. The van der Waals surface area contributed by atoms with Crippen LogP contribution >= 0.6 is 23.2 Å². The summed E-state index contributed by atoms with van der Waals surface area (Å²) in [6, 6.07) is 19.4. The number of hydrogen-bond donors (Lipinski definition) is 2. The molecule has 3 aromatic carbocycles. The molecule has 2 N–H and O–H groups in total. The first-order valence-corrected chi connectivity index (χ1v) is 12.2. The lowest BCUT2D eigenvalue weighted by atomic mass is 9.94.